The molecule has 2 atom stereocenters. The lowest BCUT2D eigenvalue weighted by molar-refractivity contribution is 0.0737. The average molecular weight is 545 g/mol. The van der Waals surface area contributed by atoms with Crippen molar-refractivity contribution < 1.29 is 9.53 Å². The van der Waals surface area contributed by atoms with Crippen LogP contribution in [0.5, 0.6) is 5.06 Å². The van der Waals surface area contributed by atoms with Crippen LogP contribution >= 0.6 is 45.5 Å². The second kappa shape index (κ2) is 9.12. The van der Waals surface area contributed by atoms with Crippen LogP contribution in [0.4, 0.5) is 0 Å². The van der Waals surface area contributed by atoms with Crippen LogP contribution in [-0.2, 0) is 13.0 Å². The van der Waals surface area contributed by atoms with E-state index >= 15 is 0 Å². The summed E-state index contributed by atoms with van der Waals surface area (Å²) in [6.45, 7) is 6.99. The highest BCUT2D eigenvalue weighted by molar-refractivity contribution is 14.1. The number of ether oxygens (including phenoxy) is 1. The minimum Gasteiger partial charge on any atom is -0.481 e. The fourth-order valence-corrected chi connectivity index (χ4v) is 6.90. The van der Waals surface area contributed by atoms with Crippen molar-refractivity contribution in [3.8, 4) is 5.06 Å². The van der Waals surface area contributed by atoms with Crippen molar-refractivity contribution in [2.24, 2.45) is 0 Å². The van der Waals surface area contributed by atoms with E-state index in [1.807, 2.05) is 17.0 Å². The van der Waals surface area contributed by atoms with Gasteiger partial charge < -0.3 is 9.64 Å². The number of amides is 1. The molecule has 1 aromatic heterocycles. The van der Waals surface area contributed by atoms with Crippen LogP contribution in [0.2, 0.25) is 5.02 Å². The van der Waals surface area contributed by atoms with E-state index in [1.54, 1.807) is 23.5 Å². The molecule has 3 heterocycles. The molecule has 1 fully saturated rings. The fraction of sp³-hybridized carbons (Fsp3) is 0.500. The molecule has 2 aliphatic rings. The van der Waals surface area contributed by atoms with Crippen molar-refractivity contribution in [3.05, 3.63) is 51.4 Å². The second-order valence-corrected chi connectivity index (χ2v) is 11.0. The van der Waals surface area contributed by atoms with Crippen LogP contribution in [0.1, 0.15) is 47.5 Å². The van der Waals surface area contributed by atoms with Crippen molar-refractivity contribution in [2.75, 3.05) is 13.1 Å². The molecule has 2 aliphatic heterocycles. The molecule has 2 aromatic rings. The summed E-state index contributed by atoms with van der Waals surface area (Å²) in [4.78, 5) is 18.5. The van der Waals surface area contributed by atoms with Crippen molar-refractivity contribution in [1.29, 1.82) is 0 Å². The number of thiophene rings is 1. The number of benzene rings is 1. The molecule has 0 N–H and O–H groups in total. The van der Waals surface area contributed by atoms with Crippen LogP contribution in [0.15, 0.2) is 30.3 Å². The highest BCUT2D eigenvalue weighted by Gasteiger charge is 2.30. The Labute approximate surface area is 195 Å². The molecule has 0 radical (unpaired) electrons. The van der Waals surface area contributed by atoms with Gasteiger partial charge in [-0.2, -0.15) is 0 Å². The molecule has 29 heavy (non-hydrogen) atoms. The number of likely N-dealkylation sites (tertiary alicyclic amines) is 1. The largest absolute Gasteiger partial charge is 0.481 e. The number of rotatable bonds is 4. The predicted molar refractivity (Wildman–Crippen MR) is 128 cm³/mol. The molecule has 0 saturated carbocycles. The van der Waals surface area contributed by atoms with Crippen molar-refractivity contribution in [2.45, 2.75) is 55.8 Å². The normalized spacial score (nSPS) is 22.6. The first-order valence-electron chi connectivity index (χ1n) is 10.1. The maximum Gasteiger partial charge on any atom is 0.254 e. The van der Waals surface area contributed by atoms with Gasteiger partial charge in [0.05, 0.1) is 10.6 Å². The molecule has 4 nitrogen and oxygen atoms in total. The molecular weight excluding hydrogens is 519 g/mol. The molecule has 0 bridgehead atoms. The van der Waals surface area contributed by atoms with E-state index in [0.717, 1.165) is 37.4 Å². The van der Waals surface area contributed by atoms with Gasteiger partial charge in [-0.3, -0.25) is 9.69 Å². The van der Waals surface area contributed by atoms with Crippen molar-refractivity contribution in [3.63, 3.8) is 0 Å². The van der Waals surface area contributed by atoms with Gasteiger partial charge in [-0.25, -0.2) is 0 Å². The Morgan fingerprint density at radius 1 is 1.31 bits per heavy atom. The van der Waals surface area contributed by atoms with Gasteiger partial charge in [-0.15, -0.1) is 11.3 Å². The minimum absolute atomic E-state index is 0.0443. The van der Waals surface area contributed by atoms with E-state index < -0.39 is 0 Å². The van der Waals surface area contributed by atoms with E-state index in [4.69, 9.17) is 16.3 Å². The first kappa shape index (κ1) is 21.4. The summed E-state index contributed by atoms with van der Waals surface area (Å²) in [5.74, 6) is 0.0443. The fourth-order valence-electron chi connectivity index (χ4n) is 4.08. The standard InChI is InChI=1S/C22H26ClIN2O2S/c1-14(2)26-9-7-18(12-20(26)24)28-21-11-15-6-8-25(13-19(15)29-21)22(27)16-4-3-5-17(23)10-16/h3-5,10-11,14,18,20H,6-9,12-13H2,1-2H3. The third kappa shape index (κ3) is 4.92. The van der Waals surface area contributed by atoms with E-state index in [9.17, 15) is 4.79 Å². The number of nitrogens with zero attached hydrogens (tertiary/aromatic N) is 2. The molecule has 7 heteroatoms. The number of carbonyl (C=O) groups excluding carboxylic acids is 1. The van der Waals surface area contributed by atoms with Gasteiger partial charge in [-0.1, -0.05) is 40.3 Å². The summed E-state index contributed by atoms with van der Waals surface area (Å²) in [5, 5.41) is 1.59. The maximum atomic E-state index is 12.8. The third-order valence-electron chi connectivity index (χ3n) is 5.69. The van der Waals surface area contributed by atoms with E-state index in [1.165, 1.54) is 10.4 Å². The van der Waals surface area contributed by atoms with Gasteiger partial charge in [0, 0.05) is 41.0 Å². The lowest BCUT2D eigenvalue weighted by atomic mass is 10.1. The number of hydrogen-bond acceptors (Lipinski definition) is 4. The Morgan fingerprint density at radius 3 is 2.86 bits per heavy atom. The topological polar surface area (TPSA) is 32.8 Å². The van der Waals surface area contributed by atoms with Gasteiger partial charge in [0.2, 0.25) is 0 Å². The number of fused-ring (bicyclic) bond motifs is 1. The van der Waals surface area contributed by atoms with Gasteiger partial charge in [0.1, 0.15) is 6.10 Å². The molecular formula is C22H26ClIN2O2S. The Bertz CT molecular complexity index is 887. The zero-order chi connectivity index (χ0) is 20.5. The zero-order valence-electron chi connectivity index (χ0n) is 16.7. The summed E-state index contributed by atoms with van der Waals surface area (Å²) in [5.41, 5.74) is 1.98. The van der Waals surface area contributed by atoms with Gasteiger partial charge in [0.25, 0.3) is 5.91 Å². The predicted octanol–water partition coefficient (Wildman–Crippen LogP) is 5.61. The molecule has 1 saturated heterocycles. The highest BCUT2D eigenvalue weighted by atomic mass is 127. The number of alkyl halides is 1. The van der Waals surface area contributed by atoms with E-state index in [0.29, 0.717) is 27.2 Å². The summed E-state index contributed by atoms with van der Waals surface area (Å²) >= 11 is 10.3. The van der Waals surface area contributed by atoms with Crippen LogP contribution < -0.4 is 4.74 Å². The van der Waals surface area contributed by atoms with E-state index in [-0.39, 0.29) is 12.0 Å². The number of carbonyl (C=O) groups is 1. The Hall–Kier alpha value is -0.830. The van der Waals surface area contributed by atoms with Crippen LogP contribution in [0.3, 0.4) is 0 Å². The van der Waals surface area contributed by atoms with Crippen LogP contribution in [-0.4, -0.2) is 45.0 Å². The Morgan fingerprint density at radius 2 is 2.14 bits per heavy atom. The first-order valence-corrected chi connectivity index (χ1v) is 12.6. The average Bonchev–Trinajstić information content (AvgIpc) is 3.08. The van der Waals surface area contributed by atoms with Gasteiger partial charge >= 0.3 is 0 Å². The summed E-state index contributed by atoms with van der Waals surface area (Å²) in [6.07, 6.45) is 3.28. The Balaban J connectivity index is 1.39. The summed E-state index contributed by atoms with van der Waals surface area (Å²) in [7, 11) is 0. The second-order valence-electron chi connectivity index (χ2n) is 8.03. The number of piperidine rings is 1. The SMILES string of the molecule is CC(C)N1CCC(Oc2cc3c(s2)CN(C(=O)c2cccc(Cl)c2)CC3)CC1I. The molecule has 4 rings (SSSR count). The summed E-state index contributed by atoms with van der Waals surface area (Å²) in [6, 6.07) is 9.96. The molecule has 1 amide bonds. The molecule has 156 valence electrons. The zero-order valence-corrected chi connectivity index (χ0v) is 20.5. The van der Waals surface area contributed by atoms with Gasteiger partial charge in [-0.05, 0) is 56.5 Å². The van der Waals surface area contributed by atoms with E-state index in [2.05, 4.69) is 47.4 Å². The van der Waals surface area contributed by atoms with Crippen molar-refractivity contribution >= 4 is 51.4 Å². The third-order valence-corrected chi connectivity index (χ3v) is 8.20. The molecule has 0 spiro atoms. The summed E-state index contributed by atoms with van der Waals surface area (Å²) < 4.78 is 6.89. The smallest absolute Gasteiger partial charge is 0.254 e. The number of hydrogen-bond donors (Lipinski definition) is 0. The monoisotopic (exact) mass is 544 g/mol. The molecule has 2 unspecified atom stereocenters. The minimum atomic E-state index is 0.0443. The molecule has 1 aromatic carbocycles. The quantitative estimate of drug-likeness (QED) is 0.285. The Kier molecular flexibility index (Phi) is 6.73. The van der Waals surface area contributed by atoms with Crippen LogP contribution in [0, 0.1) is 0 Å². The van der Waals surface area contributed by atoms with Crippen LogP contribution in [0.25, 0.3) is 0 Å². The number of halogens is 2. The molecule has 0 aliphatic carbocycles. The lowest BCUT2D eigenvalue weighted by Gasteiger charge is -2.38. The van der Waals surface area contributed by atoms with Gasteiger partial charge in [0.15, 0.2) is 5.06 Å². The van der Waals surface area contributed by atoms with Crippen molar-refractivity contribution in [1.82, 2.24) is 9.80 Å². The first-order chi connectivity index (χ1) is 13.9. The lowest BCUT2D eigenvalue weighted by Crippen LogP contribution is -2.46. The maximum absolute atomic E-state index is 12.8. The highest BCUT2D eigenvalue weighted by Crippen LogP contribution is 2.36.